The van der Waals surface area contributed by atoms with Crippen molar-refractivity contribution in [3.05, 3.63) is 35.9 Å². The van der Waals surface area contributed by atoms with Crippen molar-refractivity contribution in [1.82, 2.24) is 20.9 Å². The zero-order valence-corrected chi connectivity index (χ0v) is 23.4. The first-order valence-corrected chi connectivity index (χ1v) is 14.4. The molecule has 3 atom stereocenters. The fourth-order valence-electron chi connectivity index (χ4n) is 5.49. The van der Waals surface area contributed by atoms with Gasteiger partial charge in [0.25, 0.3) is 0 Å². The topological polar surface area (TPSA) is 157 Å². The predicted octanol–water partition coefficient (Wildman–Crippen LogP) is 1.43. The maximum absolute atomic E-state index is 13.2. The smallest absolute Gasteiger partial charge is 0.318 e. The molecule has 218 valence electrons. The molecule has 1 aliphatic carbocycles. The van der Waals surface area contributed by atoms with Crippen LogP contribution < -0.4 is 21.7 Å². The lowest BCUT2D eigenvalue weighted by atomic mass is 9.81. The van der Waals surface area contributed by atoms with Crippen LogP contribution in [-0.4, -0.2) is 82.4 Å². The molecule has 0 bridgehead atoms. The van der Waals surface area contributed by atoms with Crippen molar-refractivity contribution in [3.63, 3.8) is 0 Å². The molecule has 1 aromatic rings. The highest BCUT2D eigenvalue weighted by atomic mass is 16.3. The van der Waals surface area contributed by atoms with Gasteiger partial charge in [-0.3, -0.25) is 9.59 Å². The molecular formula is C29H47N5O5. The number of nitrogens with two attached hydrogens (primary N) is 1. The Kier molecular flexibility index (Phi) is 11.6. The Morgan fingerprint density at radius 1 is 1.03 bits per heavy atom. The lowest BCUT2D eigenvalue weighted by Crippen LogP contribution is -2.57. The van der Waals surface area contributed by atoms with Gasteiger partial charge in [-0.25, -0.2) is 4.79 Å². The van der Waals surface area contributed by atoms with Crippen LogP contribution >= 0.6 is 0 Å². The summed E-state index contributed by atoms with van der Waals surface area (Å²) in [5, 5.41) is 29.5. The average molecular weight is 546 g/mol. The number of amides is 4. The molecule has 0 spiro atoms. The van der Waals surface area contributed by atoms with E-state index in [1.165, 1.54) is 20.3 Å². The normalized spacial score (nSPS) is 19.6. The number of aliphatic hydroxyl groups is 2. The van der Waals surface area contributed by atoms with Crippen LogP contribution in [0.2, 0.25) is 0 Å². The van der Waals surface area contributed by atoms with E-state index in [9.17, 15) is 24.6 Å². The maximum atomic E-state index is 13.2. The molecule has 10 nitrogen and oxygen atoms in total. The summed E-state index contributed by atoms with van der Waals surface area (Å²) in [6.45, 7) is 3.79. The van der Waals surface area contributed by atoms with Crippen LogP contribution in [0, 0.1) is 5.92 Å². The van der Waals surface area contributed by atoms with Crippen LogP contribution in [0.4, 0.5) is 4.79 Å². The van der Waals surface area contributed by atoms with Gasteiger partial charge >= 0.3 is 6.03 Å². The lowest BCUT2D eigenvalue weighted by molar-refractivity contribution is -0.129. The van der Waals surface area contributed by atoms with Crippen LogP contribution in [0.15, 0.2) is 30.3 Å². The van der Waals surface area contributed by atoms with Crippen molar-refractivity contribution in [2.45, 2.75) is 101 Å². The van der Waals surface area contributed by atoms with E-state index in [4.69, 9.17) is 5.73 Å². The monoisotopic (exact) mass is 545 g/mol. The van der Waals surface area contributed by atoms with Gasteiger partial charge in [-0.2, -0.15) is 0 Å². The predicted molar refractivity (Wildman–Crippen MR) is 150 cm³/mol. The van der Waals surface area contributed by atoms with Gasteiger partial charge in [0.05, 0.1) is 18.2 Å². The van der Waals surface area contributed by atoms with E-state index < -0.39 is 35.6 Å². The Labute approximate surface area is 232 Å². The number of likely N-dealkylation sites (tertiary alicyclic amines) is 1. The van der Waals surface area contributed by atoms with Crippen molar-refractivity contribution >= 4 is 17.8 Å². The number of hydrogen-bond acceptors (Lipinski definition) is 6. The highest BCUT2D eigenvalue weighted by Gasteiger charge is 2.35. The Hall–Kier alpha value is -2.69. The van der Waals surface area contributed by atoms with E-state index in [-0.39, 0.29) is 25.0 Å². The summed E-state index contributed by atoms with van der Waals surface area (Å²) in [7, 11) is 0. The van der Waals surface area contributed by atoms with E-state index in [0.717, 1.165) is 31.2 Å². The van der Waals surface area contributed by atoms with Crippen molar-refractivity contribution < 1.29 is 24.6 Å². The lowest BCUT2D eigenvalue weighted by Gasteiger charge is -2.35. The van der Waals surface area contributed by atoms with Crippen LogP contribution in [0.1, 0.15) is 70.8 Å². The second kappa shape index (κ2) is 14.6. The average Bonchev–Trinajstić information content (AvgIpc) is 2.91. The third-order valence-corrected chi connectivity index (χ3v) is 7.91. The van der Waals surface area contributed by atoms with Gasteiger partial charge in [0.1, 0.15) is 12.1 Å². The zero-order chi connectivity index (χ0) is 28.4. The molecule has 10 heteroatoms. The Balaban J connectivity index is 1.60. The molecule has 0 radical (unpaired) electrons. The summed E-state index contributed by atoms with van der Waals surface area (Å²) in [5.74, 6) is -0.560. The van der Waals surface area contributed by atoms with Crippen LogP contribution in [0.3, 0.4) is 0 Å². The number of aliphatic hydroxyl groups excluding tert-OH is 1. The standard InChI is InChI=1S/C29H47N5O5/c1-29(2,39)26(36)23(17-20-9-5-3-6-10-20)32-25(35)19-31-27(37)24(18-21-11-7-4-8-12-21)33-28(38)34-15-13-22(30)14-16-34/h4,7-8,11-12,20,22-24,26,36,39H,3,5-6,9-10,13-19,30H2,1-2H3,(H,31,37)(H,32,35)(H,33,38)/t23-,24-,26-/m0/s1. The third kappa shape index (κ3) is 10.1. The Morgan fingerprint density at radius 3 is 2.28 bits per heavy atom. The molecule has 3 rings (SSSR count). The fraction of sp³-hybridized carbons (Fsp3) is 0.690. The van der Waals surface area contributed by atoms with E-state index in [1.54, 1.807) is 4.90 Å². The Bertz CT molecular complexity index is 924. The molecule has 4 amide bonds. The SMILES string of the molecule is CC(C)(O)[C@@H](O)[C@H](CC1CCCCC1)NC(=O)CNC(=O)[C@H](Cc1ccccc1)NC(=O)N1CCC(N)CC1. The molecule has 39 heavy (non-hydrogen) atoms. The summed E-state index contributed by atoms with van der Waals surface area (Å²) in [6.07, 6.45) is 6.62. The van der Waals surface area contributed by atoms with Crippen LogP contribution in [0.25, 0.3) is 0 Å². The minimum atomic E-state index is -1.39. The molecule has 1 heterocycles. The van der Waals surface area contributed by atoms with Crippen molar-refractivity contribution in [1.29, 1.82) is 0 Å². The maximum Gasteiger partial charge on any atom is 0.318 e. The number of benzene rings is 1. The molecule has 2 aliphatic rings. The summed E-state index contributed by atoms with van der Waals surface area (Å²) < 4.78 is 0. The number of nitrogens with one attached hydrogen (secondary N) is 3. The molecule has 1 aliphatic heterocycles. The molecule has 1 aromatic carbocycles. The second-order valence-electron chi connectivity index (χ2n) is 11.7. The molecule has 1 saturated carbocycles. The van der Waals surface area contributed by atoms with Gasteiger partial charge in [-0.15, -0.1) is 0 Å². The molecule has 7 N–H and O–H groups in total. The molecule has 2 fully saturated rings. The summed E-state index contributed by atoms with van der Waals surface area (Å²) in [6, 6.07) is 7.62. The number of nitrogens with zero attached hydrogens (tertiary/aromatic N) is 1. The molecule has 0 aromatic heterocycles. The second-order valence-corrected chi connectivity index (χ2v) is 11.7. The zero-order valence-electron chi connectivity index (χ0n) is 23.4. The number of hydrogen-bond donors (Lipinski definition) is 6. The quantitative estimate of drug-likeness (QED) is 0.247. The van der Waals surface area contributed by atoms with Crippen molar-refractivity contribution in [3.8, 4) is 0 Å². The number of carbonyl (C=O) groups excluding carboxylic acids is 3. The number of piperidine rings is 1. The minimum absolute atomic E-state index is 0.0767. The molecule has 1 saturated heterocycles. The summed E-state index contributed by atoms with van der Waals surface area (Å²) >= 11 is 0. The highest BCUT2D eigenvalue weighted by Crippen LogP contribution is 2.29. The van der Waals surface area contributed by atoms with Crippen LogP contribution in [0.5, 0.6) is 0 Å². The van der Waals surface area contributed by atoms with E-state index in [1.807, 2.05) is 30.3 Å². The third-order valence-electron chi connectivity index (χ3n) is 7.91. The number of urea groups is 1. The van der Waals surface area contributed by atoms with Gasteiger partial charge in [0.15, 0.2) is 0 Å². The summed E-state index contributed by atoms with van der Waals surface area (Å²) in [4.78, 5) is 40.6. The van der Waals surface area contributed by atoms with E-state index >= 15 is 0 Å². The molecule has 0 unspecified atom stereocenters. The van der Waals surface area contributed by atoms with Crippen LogP contribution in [-0.2, 0) is 16.0 Å². The van der Waals surface area contributed by atoms with E-state index in [0.29, 0.717) is 38.3 Å². The van der Waals surface area contributed by atoms with Crippen molar-refractivity contribution in [2.24, 2.45) is 11.7 Å². The van der Waals surface area contributed by atoms with E-state index in [2.05, 4.69) is 16.0 Å². The first-order chi connectivity index (χ1) is 18.5. The first kappa shape index (κ1) is 30.8. The first-order valence-electron chi connectivity index (χ1n) is 14.4. The Morgan fingerprint density at radius 2 is 1.67 bits per heavy atom. The number of carbonyl (C=O) groups is 3. The number of rotatable bonds is 11. The fourth-order valence-corrected chi connectivity index (χ4v) is 5.49. The van der Waals surface area contributed by atoms with Gasteiger partial charge in [-0.05, 0) is 44.6 Å². The minimum Gasteiger partial charge on any atom is -0.388 e. The highest BCUT2D eigenvalue weighted by molar-refractivity contribution is 5.90. The van der Waals surface area contributed by atoms with Gasteiger partial charge in [-0.1, -0.05) is 62.4 Å². The largest absolute Gasteiger partial charge is 0.388 e. The molecular weight excluding hydrogens is 498 g/mol. The van der Waals surface area contributed by atoms with Gasteiger partial charge in [0, 0.05) is 25.6 Å². The summed E-state index contributed by atoms with van der Waals surface area (Å²) in [5.41, 5.74) is 5.44. The van der Waals surface area contributed by atoms with Gasteiger partial charge < -0.3 is 36.8 Å². The van der Waals surface area contributed by atoms with Gasteiger partial charge in [0.2, 0.25) is 11.8 Å². The van der Waals surface area contributed by atoms with Crippen molar-refractivity contribution in [2.75, 3.05) is 19.6 Å².